The van der Waals surface area contributed by atoms with E-state index in [0.29, 0.717) is 22.6 Å². The third kappa shape index (κ3) is 3.19. The lowest BCUT2D eigenvalue weighted by Crippen LogP contribution is -2.07. The summed E-state index contributed by atoms with van der Waals surface area (Å²) in [4.78, 5) is 39.5. The highest BCUT2D eigenvalue weighted by atomic mass is 16.5. The number of hydrogen-bond donors (Lipinski definition) is 0. The van der Waals surface area contributed by atoms with Crippen molar-refractivity contribution in [2.75, 3.05) is 6.61 Å². The van der Waals surface area contributed by atoms with Gasteiger partial charge in [0.05, 0.1) is 18.4 Å². The van der Waals surface area contributed by atoms with Gasteiger partial charge in [0.25, 0.3) is 0 Å². The summed E-state index contributed by atoms with van der Waals surface area (Å²) in [6.45, 7) is 1.96. The van der Waals surface area contributed by atoms with Crippen molar-refractivity contribution in [3.8, 4) is 0 Å². The van der Waals surface area contributed by atoms with E-state index in [-0.39, 0.29) is 24.5 Å². The van der Waals surface area contributed by atoms with Crippen LogP contribution in [0.25, 0.3) is 21.7 Å². The molecule has 0 radical (unpaired) electrons. The van der Waals surface area contributed by atoms with Crippen molar-refractivity contribution in [1.82, 2.24) is 0 Å². The largest absolute Gasteiger partial charge is 0.466 e. The molecule has 6 heteroatoms. The molecule has 3 aromatic rings. The zero-order valence-electron chi connectivity index (χ0n) is 13.5. The Morgan fingerprint density at radius 1 is 1.24 bits per heavy atom. The molecule has 0 aliphatic carbocycles. The highest BCUT2D eigenvalue weighted by molar-refractivity contribution is 6.07. The van der Waals surface area contributed by atoms with Gasteiger partial charge < -0.3 is 9.15 Å². The average molecular weight is 337 g/mol. The molecule has 0 N–H and O–H groups in total. The number of aliphatic imine (C=N–C) groups is 1. The van der Waals surface area contributed by atoms with E-state index >= 15 is 0 Å². The molecule has 2 aromatic carbocycles. The van der Waals surface area contributed by atoms with Gasteiger partial charge in [-0.05, 0) is 23.8 Å². The van der Waals surface area contributed by atoms with Crippen LogP contribution in [-0.4, -0.2) is 25.1 Å². The predicted molar refractivity (Wildman–Crippen MR) is 94.8 cm³/mol. The number of nitrogens with zero attached hydrogens (tertiary/aromatic N) is 1. The second kappa shape index (κ2) is 7.09. The summed E-state index contributed by atoms with van der Waals surface area (Å²) in [5, 5.41) is 1.95. The molecule has 0 saturated carbocycles. The second-order valence-corrected chi connectivity index (χ2v) is 5.24. The Morgan fingerprint density at radius 2 is 2.04 bits per heavy atom. The van der Waals surface area contributed by atoms with Crippen LogP contribution in [-0.2, 0) is 9.53 Å². The first kappa shape index (κ1) is 16.6. The van der Waals surface area contributed by atoms with Gasteiger partial charge in [-0.2, -0.15) is 0 Å². The van der Waals surface area contributed by atoms with E-state index in [1.807, 2.05) is 24.3 Å². The van der Waals surface area contributed by atoms with Crippen LogP contribution in [0.2, 0.25) is 0 Å². The Hall–Kier alpha value is -3.28. The molecule has 0 unspecified atom stereocenters. The van der Waals surface area contributed by atoms with Gasteiger partial charge in [-0.1, -0.05) is 30.3 Å². The fourth-order valence-corrected chi connectivity index (χ4v) is 2.60. The molecule has 6 nitrogen and oxygen atoms in total. The maximum atomic E-state index is 12.9. The molecule has 0 fully saturated rings. The van der Waals surface area contributed by atoms with Crippen LogP contribution >= 0.6 is 0 Å². The molecular formula is C19H15NO5. The monoisotopic (exact) mass is 337 g/mol. The molecule has 3 rings (SSSR count). The van der Waals surface area contributed by atoms with Gasteiger partial charge in [-0.25, -0.2) is 0 Å². The minimum atomic E-state index is -0.463. The number of esters is 1. The maximum absolute atomic E-state index is 12.9. The Bertz CT molecular complexity index is 1050. The quantitative estimate of drug-likeness (QED) is 0.308. The maximum Gasteiger partial charge on any atom is 0.311 e. The molecule has 25 heavy (non-hydrogen) atoms. The number of aldehydes is 1. The van der Waals surface area contributed by atoms with E-state index < -0.39 is 11.4 Å². The fraction of sp³-hybridized carbons (Fsp3) is 0.158. The molecular weight excluding hydrogens is 322 g/mol. The van der Waals surface area contributed by atoms with Gasteiger partial charge in [-0.3, -0.25) is 19.4 Å². The molecule has 0 atom stereocenters. The highest BCUT2D eigenvalue weighted by Gasteiger charge is 2.15. The van der Waals surface area contributed by atoms with Crippen molar-refractivity contribution >= 4 is 45.9 Å². The molecule has 1 heterocycles. The molecule has 0 amide bonds. The Kier molecular flexibility index (Phi) is 4.70. The number of ether oxygens (including phenoxy) is 1. The van der Waals surface area contributed by atoms with Crippen molar-refractivity contribution < 1.29 is 18.7 Å². The first-order chi connectivity index (χ1) is 12.2. The lowest BCUT2D eigenvalue weighted by atomic mass is 10.0. The van der Waals surface area contributed by atoms with Crippen LogP contribution in [0.3, 0.4) is 0 Å². The fourth-order valence-electron chi connectivity index (χ4n) is 2.60. The van der Waals surface area contributed by atoms with Crippen molar-refractivity contribution in [3.63, 3.8) is 0 Å². The molecule has 1 aromatic heterocycles. The van der Waals surface area contributed by atoms with Crippen LogP contribution in [0.15, 0.2) is 50.6 Å². The third-order valence-corrected chi connectivity index (χ3v) is 3.68. The van der Waals surface area contributed by atoms with E-state index in [0.717, 1.165) is 5.39 Å². The van der Waals surface area contributed by atoms with Gasteiger partial charge in [0, 0.05) is 6.21 Å². The van der Waals surface area contributed by atoms with E-state index in [4.69, 9.17) is 9.15 Å². The number of carbonyl (C=O) groups is 2. The van der Waals surface area contributed by atoms with Crippen LogP contribution in [0.1, 0.15) is 23.9 Å². The number of fused-ring (bicyclic) bond motifs is 3. The summed E-state index contributed by atoms with van der Waals surface area (Å²) < 4.78 is 10.3. The predicted octanol–water partition coefficient (Wildman–Crippen LogP) is 3.41. The number of carbonyl (C=O) groups excluding carboxylic acids is 2. The van der Waals surface area contributed by atoms with Gasteiger partial charge in [0.1, 0.15) is 5.58 Å². The van der Waals surface area contributed by atoms with Crippen molar-refractivity contribution in [1.29, 1.82) is 0 Å². The molecule has 0 bridgehead atoms. The molecule has 0 saturated heterocycles. The standard InChI is InChI=1S/C19H15NO5/c1-2-24-16(22)9-10-20-18-15(11-21)25-14-8-7-12-5-3-4-6-13(12)17(14)19(18)23/h3-8,10-11H,2,9H2,1H3. The van der Waals surface area contributed by atoms with Crippen LogP contribution in [0.4, 0.5) is 5.69 Å². The lowest BCUT2D eigenvalue weighted by molar-refractivity contribution is -0.141. The lowest BCUT2D eigenvalue weighted by Gasteiger charge is -2.05. The number of benzene rings is 2. The van der Waals surface area contributed by atoms with Crippen LogP contribution in [0, 0.1) is 0 Å². The molecule has 0 spiro atoms. The molecule has 0 aliphatic rings. The summed E-state index contributed by atoms with van der Waals surface area (Å²) in [5.41, 5.74) is -0.224. The average Bonchev–Trinajstić information content (AvgIpc) is 2.63. The number of hydrogen-bond acceptors (Lipinski definition) is 6. The van der Waals surface area contributed by atoms with Gasteiger partial charge >= 0.3 is 5.97 Å². The van der Waals surface area contributed by atoms with Crippen molar-refractivity contribution in [3.05, 3.63) is 52.4 Å². The van der Waals surface area contributed by atoms with Gasteiger partial charge in [-0.15, -0.1) is 0 Å². The Morgan fingerprint density at radius 3 is 2.80 bits per heavy atom. The SMILES string of the molecule is CCOC(=O)CC=Nc1c(C=O)oc2ccc3ccccc3c2c1=O. The normalized spacial score (nSPS) is 11.2. The van der Waals surface area contributed by atoms with Crippen LogP contribution in [0.5, 0.6) is 0 Å². The van der Waals surface area contributed by atoms with Crippen LogP contribution < -0.4 is 5.43 Å². The Labute approximate surface area is 142 Å². The van der Waals surface area contributed by atoms with Crippen molar-refractivity contribution in [2.45, 2.75) is 13.3 Å². The van der Waals surface area contributed by atoms with Crippen molar-refractivity contribution in [2.24, 2.45) is 4.99 Å². The summed E-state index contributed by atoms with van der Waals surface area (Å²) in [6.07, 6.45) is 1.58. The smallest absolute Gasteiger partial charge is 0.311 e. The van der Waals surface area contributed by atoms with E-state index in [1.54, 1.807) is 19.1 Å². The highest BCUT2D eigenvalue weighted by Crippen LogP contribution is 2.26. The minimum Gasteiger partial charge on any atom is -0.466 e. The van der Waals surface area contributed by atoms with E-state index in [2.05, 4.69) is 4.99 Å². The second-order valence-electron chi connectivity index (χ2n) is 5.24. The van der Waals surface area contributed by atoms with Gasteiger partial charge in [0.2, 0.25) is 5.43 Å². The van der Waals surface area contributed by atoms with E-state index in [1.165, 1.54) is 6.21 Å². The first-order valence-electron chi connectivity index (χ1n) is 7.77. The third-order valence-electron chi connectivity index (χ3n) is 3.68. The zero-order chi connectivity index (χ0) is 17.8. The first-order valence-corrected chi connectivity index (χ1v) is 7.77. The summed E-state index contributed by atoms with van der Waals surface area (Å²) in [5.74, 6) is -0.637. The Balaban J connectivity index is 2.17. The number of rotatable bonds is 5. The summed E-state index contributed by atoms with van der Waals surface area (Å²) in [6, 6.07) is 10.8. The van der Waals surface area contributed by atoms with Gasteiger partial charge in [0.15, 0.2) is 17.7 Å². The summed E-state index contributed by atoms with van der Waals surface area (Å²) in [7, 11) is 0. The molecule has 0 aliphatic heterocycles. The summed E-state index contributed by atoms with van der Waals surface area (Å²) >= 11 is 0. The molecule has 126 valence electrons. The zero-order valence-corrected chi connectivity index (χ0v) is 13.5. The van der Waals surface area contributed by atoms with E-state index in [9.17, 15) is 14.4 Å². The topological polar surface area (TPSA) is 85.9 Å². The minimum absolute atomic E-state index is 0.0981.